The van der Waals surface area contributed by atoms with E-state index in [9.17, 15) is 4.79 Å². The van der Waals surface area contributed by atoms with Gasteiger partial charge in [-0.1, -0.05) is 0 Å². The molecule has 17 heavy (non-hydrogen) atoms. The Morgan fingerprint density at radius 2 is 2.12 bits per heavy atom. The van der Waals surface area contributed by atoms with Crippen LogP contribution in [-0.4, -0.2) is 20.9 Å². The van der Waals surface area contributed by atoms with Gasteiger partial charge >= 0.3 is 0 Å². The van der Waals surface area contributed by atoms with Crippen molar-refractivity contribution in [1.82, 2.24) is 15.0 Å². The number of halogens is 1. The molecule has 2 aromatic heterocycles. The van der Waals surface area contributed by atoms with Gasteiger partial charge in [-0.25, -0.2) is 9.97 Å². The second-order valence-electron chi connectivity index (χ2n) is 3.14. The Hall–Kier alpha value is -2.02. The lowest BCUT2D eigenvalue weighted by Crippen LogP contribution is -2.15. The Bertz CT molecular complexity index is 543. The monoisotopic (exact) mass is 293 g/mol. The maximum atomic E-state index is 11.8. The van der Waals surface area contributed by atoms with Crippen LogP contribution in [0.25, 0.3) is 0 Å². The summed E-state index contributed by atoms with van der Waals surface area (Å²) in [6.45, 7) is 0. The SMILES string of the molecule is Nc1ccncc1C(=O)Nc1cnc(Br)cn1. The van der Waals surface area contributed by atoms with Crippen molar-refractivity contribution in [2.45, 2.75) is 0 Å². The summed E-state index contributed by atoms with van der Waals surface area (Å²) in [7, 11) is 0. The van der Waals surface area contributed by atoms with Gasteiger partial charge in [-0.2, -0.15) is 0 Å². The number of nitrogen functional groups attached to an aromatic ring is 1. The fourth-order valence-corrected chi connectivity index (χ4v) is 1.36. The molecule has 6 nitrogen and oxygen atoms in total. The van der Waals surface area contributed by atoms with E-state index in [-0.39, 0.29) is 5.91 Å². The van der Waals surface area contributed by atoms with Crippen LogP contribution in [0.15, 0.2) is 35.5 Å². The van der Waals surface area contributed by atoms with Gasteiger partial charge in [-0.15, -0.1) is 0 Å². The molecule has 0 unspecified atom stereocenters. The van der Waals surface area contributed by atoms with Crippen LogP contribution in [0.2, 0.25) is 0 Å². The minimum Gasteiger partial charge on any atom is -0.398 e. The zero-order chi connectivity index (χ0) is 12.3. The fourth-order valence-electron chi connectivity index (χ4n) is 1.16. The van der Waals surface area contributed by atoms with Crippen molar-refractivity contribution in [2.24, 2.45) is 0 Å². The van der Waals surface area contributed by atoms with E-state index in [1.807, 2.05) is 0 Å². The third kappa shape index (κ3) is 2.76. The van der Waals surface area contributed by atoms with Crippen LogP contribution >= 0.6 is 15.9 Å². The molecule has 0 saturated carbocycles. The molecule has 0 aliphatic rings. The smallest absolute Gasteiger partial charge is 0.260 e. The predicted molar refractivity (Wildman–Crippen MR) is 66.3 cm³/mol. The van der Waals surface area contributed by atoms with Gasteiger partial charge in [0.1, 0.15) is 4.60 Å². The summed E-state index contributed by atoms with van der Waals surface area (Å²) in [5, 5.41) is 2.57. The summed E-state index contributed by atoms with van der Waals surface area (Å²) in [5.74, 6) is -0.0197. The third-order valence-electron chi connectivity index (χ3n) is 1.96. The molecule has 0 saturated heterocycles. The number of anilines is 2. The highest BCUT2D eigenvalue weighted by Gasteiger charge is 2.10. The van der Waals surface area contributed by atoms with E-state index in [1.165, 1.54) is 24.8 Å². The lowest BCUT2D eigenvalue weighted by atomic mass is 10.2. The standard InChI is InChI=1S/C10H8BrN5O/c11-8-4-15-9(5-14-8)16-10(17)6-3-13-2-1-7(6)12/h1-5H,(H2,12,13)(H,15,16,17). The van der Waals surface area contributed by atoms with Crippen LogP contribution in [0.5, 0.6) is 0 Å². The number of carbonyl (C=O) groups is 1. The van der Waals surface area contributed by atoms with Crippen molar-refractivity contribution in [2.75, 3.05) is 11.1 Å². The average molecular weight is 294 g/mol. The van der Waals surface area contributed by atoms with Gasteiger partial charge < -0.3 is 11.1 Å². The van der Waals surface area contributed by atoms with Crippen molar-refractivity contribution < 1.29 is 4.79 Å². The number of amides is 1. The van der Waals surface area contributed by atoms with E-state index in [2.05, 4.69) is 36.2 Å². The van der Waals surface area contributed by atoms with E-state index in [1.54, 1.807) is 6.07 Å². The molecular formula is C10H8BrN5O. The number of hydrogen-bond donors (Lipinski definition) is 2. The number of nitrogens with two attached hydrogens (primary N) is 1. The Balaban J connectivity index is 2.17. The molecule has 2 heterocycles. The van der Waals surface area contributed by atoms with Crippen molar-refractivity contribution in [3.05, 3.63) is 41.0 Å². The molecule has 0 radical (unpaired) electrons. The zero-order valence-corrected chi connectivity index (χ0v) is 10.2. The van der Waals surface area contributed by atoms with Crippen LogP contribution in [0.4, 0.5) is 11.5 Å². The van der Waals surface area contributed by atoms with Crippen LogP contribution in [0.1, 0.15) is 10.4 Å². The minimum atomic E-state index is -0.368. The molecule has 3 N–H and O–H groups in total. The lowest BCUT2D eigenvalue weighted by Gasteiger charge is -2.05. The van der Waals surface area contributed by atoms with E-state index >= 15 is 0 Å². The van der Waals surface area contributed by atoms with Gasteiger partial charge in [0.05, 0.1) is 18.0 Å². The summed E-state index contributed by atoms with van der Waals surface area (Å²) in [6.07, 6.45) is 5.85. The zero-order valence-electron chi connectivity index (χ0n) is 8.59. The Kier molecular flexibility index (Phi) is 3.29. The van der Waals surface area contributed by atoms with Crippen molar-refractivity contribution >= 4 is 33.3 Å². The summed E-state index contributed by atoms with van der Waals surface area (Å²) in [5.41, 5.74) is 6.32. The molecule has 2 aromatic rings. The van der Waals surface area contributed by atoms with Crippen LogP contribution in [-0.2, 0) is 0 Å². The number of aromatic nitrogens is 3. The molecule has 0 aliphatic carbocycles. The molecule has 0 atom stereocenters. The lowest BCUT2D eigenvalue weighted by molar-refractivity contribution is 0.102. The van der Waals surface area contributed by atoms with Gasteiger partial charge in [0, 0.05) is 18.1 Å². The van der Waals surface area contributed by atoms with E-state index in [0.29, 0.717) is 21.7 Å². The summed E-state index contributed by atoms with van der Waals surface area (Å²) < 4.78 is 0.594. The van der Waals surface area contributed by atoms with Crippen molar-refractivity contribution in [3.8, 4) is 0 Å². The quantitative estimate of drug-likeness (QED) is 0.874. The largest absolute Gasteiger partial charge is 0.398 e. The first-order valence-corrected chi connectivity index (χ1v) is 5.44. The highest BCUT2D eigenvalue weighted by molar-refractivity contribution is 9.10. The van der Waals surface area contributed by atoms with Gasteiger partial charge in [-0.05, 0) is 22.0 Å². The highest BCUT2D eigenvalue weighted by atomic mass is 79.9. The van der Waals surface area contributed by atoms with Gasteiger partial charge in [0.25, 0.3) is 5.91 Å². The van der Waals surface area contributed by atoms with Gasteiger partial charge in [0.2, 0.25) is 0 Å². The van der Waals surface area contributed by atoms with E-state index < -0.39 is 0 Å². The minimum absolute atomic E-state index is 0.303. The fraction of sp³-hybridized carbons (Fsp3) is 0. The first-order chi connectivity index (χ1) is 8.16. The second kappa shape index (κ2) is 4.88. The molecule has 1 amide bonds. The Morgan fingerprint density at radius 3 is 2.76 bits per heavy atom. The van der Waals surface area contributed by atoms with Gasteiger partial charge in [0.15, 0.2) is 5.82 Å². The molecule has 0 aliphatic heterocycles. The number of hydrogen-bond acceptors (Lipinski definition) is 5. The van der Waals surface area contributed by atoms with E-state index in [4.69, 9.17) is 5.73 Å². The third-order valence-corrected chi connectivity index (χ3v) is 2.37. The van der Waals surface area contributed by atoms with Crippen molar-refractivity contribution in [3.63, 3.8) is 0 Å². The number of nitrogens with one attached hydrogen (secondary N) is 1. The molecular weight excluding hydrogens is 286 g/mol. The number of rotatable bonds is 2. The molecule has 0 spiro atoms. The molecule has 0 bridgehead atoms. The normalized spacial score (nSPS) is 9.94. The summed E-state index contributed by atoms with van der Waals surface area (Å²) in [4.78, 5) is 23.6. The highest BCUT2D eigenvalue weighted by Crippen LogP contribution is 2.12. The topological polar surface area (TPSA) is 93.8 Å². The first kappa shape index (κ1) is 11.5. The Morgan fingerprint density at radius 1 is 1.29 bits per heavy atom. The summed E-state index contributed by atoms with van der Waals surface area (Å²) in [6, 6.07) is 1.56. The van der Waals surface area contributed by atoms with Crippen molar-refractivity contribution in [1.29, 1.82) is 0 Å². The maximum absolute atomic E-state index is 11.8. The van der Waals surface area contributed by atoms with Crippen LogP contribution in [0, 0.1) is 0 Å². The molecule has 7 heteroatoms. The predicted octanol–water partition coefficient (Wildman–Crippen LogP) is 1.47. The Labute approximate surface area is 105 Å². The molecule has 0 aromatic carbocycles. The first-order valence-electron chi connectivity index (χ1n) is 4.65. The number of carbonyl (C=O) groups excluding carboxylic acids is 1. The molecule has 0 fully saturated rings. The maximum Gasteiger partial charge on any atom is 0.260 e. The molecule has 2 rings (SSSR count). The van der Waals surface area contributed by atoms with E-state index in [0.717, 1.165) is 0 Å². The molecule has 86 valence electrons. The average Bonchev–Trinajstić information content (AvgIpc) is 2.32. The van der Waals surface area contributed by atoms with Crippen LogP contribution < -0.4 is 11.1 Å². The van der Waals surface area contributed by atoms with Crippen LogP contribution in [0.3, 0.4) is 0 Å². The summed E-state index contributed by atoms with van der Waals surface area (Å²) >= 11 is 3.15. The number of nitrogens with zero attached hydrogens (tertiary/aromatic N) is 3. The second-order valence-corrected chi connectivity index (χ2v) is 3.95. The number of pyridine rings is 1. The van der Waals surface area contributed by atoms with Gasteiger partial charge in [-0.3, -0.25) is 9.78 Å².